The number of amides is 3. The number of carboxylic acids is 1. The summed E-state index contributed by atoms with van der Waals surface area (Å²) in [4.78, 5) is 53.8. The molecule has 258 valence electrons. The smallest absolute Gasteiger partial charge is 0.414 e. The quantitative estimate of drug-likeness (QED) is 0.0549. The summed E-state index contributed by atoms with van der Waals surface area (Å²) < 4.78 is 16.0. The molecule has 4 aromatic rings. The van der Waals surface area contributed by atoms with Gasteiger partial charge in [0.15, 0.2) is 0 Å². The highest BCUT2D eigenvalue weighted by Crippen LogP contribution is 2.44. The summed E-state index contributed by atoms with van der Waals surface area (Å²) >= 11 is 0. The number of nitrogens with zero attached hydrogens (tertiary/aromatic N) is 1. The van der Waals surface area contributed by atoms with Crippen molar-refractivity contribution >= 4 is 30.2 Å². The van der Waals surface area contributed by atoms with Crippen molar-refractivity contribution in [1.82, 2.24) is 16.0 Å². The molecule has 0 aromatic heterocycles. The minimum Gasteiger partial charge on any atom is -0.480 e. The van der Waals surface area contributed by atoms with Crippen LogP contribution in [0.15, 0.2) is 114 Å². The lowest BCUT2D eigenvalue weighted by Crippen LogP contribution is -2.44. The van der Waals surface area contributed by atoms with Crippen LogP contribution in [-0.2, 0) is 32.2 Å². The number of hydrogen-bond acceptors (Lipinski definition) is 8. The molecule has 4 N–H and O–H groups in total. The average molecular weight is 679 g/mol. The molecule has 0 bridgehead atoms. The molecule has 1 aliphatic carbocycles. The predicted octanol–water partition coefficient (Wildman–Crippen LogP) is 6.36. The number of guanidine groups is 1. The number of ether oxygens (including phenoxy) is 3. The molecule has 50 heavy (non-hydrogen) atoms. The summed E-state index contributed by atoms with van der Waals surface area (Å²) in [5, 5.41) is 17.0. The van der Waals surface area contributed by atoms with Gasteiger partial charge in [-0.2, -0.15) is 0 Å². The van der Waals surface area contributed by atoms with Gasteiger partial charge in [0.2, 0.25) is 5.96 Å². The second-order valence-electron chi connectivity index (χ2n) is 11.5. The van der Waals surface area contributed by atoms with Gasteiger partial charge in [-0.25, -0.2) is 19.2 Å². The molecule has 0 radical (unpaired) electrons. The van der Waals surface area contributed by atoms with Crippen molar-refractivity contribution < 1.29 is 38.5 Å². The molecular formula is C38H38N4O8. The van der Waals surface area contributed by atoms with Gasteiger partial charge in [0.25, 0.3) is 0 Å². The minimum absolute atomic E-state index is 0.00561. The second-order valence-corrected chi connectivity index (χ2v) is 11.5. The fourth-order valence-electron chi connectivity index (χ4n) is 5.51. The Balaban J connectivity index is 1.10. The van der Waals surface area contributed by atoms with Crippen LogP contribution in [0.2, 0.25) is 0 Å². The lowest BCUT2D eigenvalue weighted by molar-refractivity contribution is -0.139. The predicted molar refractivity (Wildman–Crippen MR) is 185 cm³/mol. The van der Waals surface area contributed by atoms with E-state index < -0.39 is 30.3 Å². The van der Waals surface area contributed by atoms with Gasteiger partial charge in [0.05, 0.1) is 0 Å². The molecule has 3 amide bonds. The van der Waals surface area contributed by atoms with Gasteiger partial charge >= 0.3 is 24.2 Å². The van der Waals surface area contributed by atoms with Gasteiger partial charge in [-0.1, -0.05) is 109 Å². The Morgan fingerprint density at radius 2 is 1.14 bits per heavy atom. The molecule has 0 fully saturated rings. The molecule has 1 aliphatic rings. The van der Waals surface area contributed by atoms with Crippen LogP contribution in [0, 0.1) is 0 Å². The van der Waals surface area contributed by atoms with Crippen molar-refractivity contribution in [2.24, 2.45) is 4.99 Å². The molecule has 12 heteroatoms. The first-order chi connectivity index (χ1) is 24.4. The number of alkyl carbamates (subject to hydrolysis) is 3. The van der Waals surface area contributed by atoms with Crippen LogP contribution in [0.5, 0.6) is 0 Å². The largest absolute Gasteiger partial charge is 0.480 e. The van der Waals surface area contributed by atoms with Gasteiger partial charge < -0.3 is 24.6 Å². The maximum Gasteiger partial charge on any atom is 0.414 e. The van der Waals surface area contributed by atoms with Gasteiger partial charge in [-0.05, 0) is 52.6 Å². The first-order valence-electron chi connectivity index (χ1n) is 16.2. The maximum absolute atomic E-state index is 12.7. The van der Waals surface area contributed by atoms with E-state index in [1.165, 1.54) is 0 Å². The summed E-state index contributed by atoms with van der Waals surface area (Å²) in [5.41, 5.74) is 5.82. The van der Waals surface area contributed by atoms with Crippen LogP contribution < -0.4 is 16.0 Å². The molecular weight excluding hydrogens is 640 g/mol. The zero-order valence-corrected chi connectivity index (χ0v) is 27.2. The van der Waals surface area contributed by atoms with Crippen LogP contribution in [0.25, 0.3) is 11.1 Å². The van der Waals surface area contributed by atoms with Crippen LogP contribution in [-0.4, -0.2) is 54.5 Å². The summed E-state index contributed by atoms with van der Waals surface area (Å²) in [7, 11) is 0. The van der Waals surface area contributed by atoms with Crippen molar-refractivity contribution in [3.05, 3.63) is 131 Å². The Hall–Kier alpha value is -6.17. The molecule has 4 aromatic carbocycles. The van der Waals surface area contributed by atoms with E-state index >= 15 is 0 Å². The Labute approximate surface area is 289 Å². The zero-order chi connectivity index (χ0) is 35.1. The third-order valence-electron chi connectivity index (χ3n) is 7.97. The van der Waals surface area contributed by atoms with Crippen LogP contribution in [0.3, 0.4) is 0 Å². The third kappa shape index (κ3) is 10.2. The number of fused-ring (bicyclic) bond motifs is 3. The van der Waals surface area contributed by atoms with E-state index in [1.54, 1.807) is 24.3 Å². The fraction of sp³-hybridized carbons (Fsp3) is 0.237. The lowest BCUT2D eigenvalue weighted by atomic mass is 9.98. The highest BCUT2D eigenvalue weighted by atomic mass is 16.6. The molecule has 0 spiro atoms. The highest BCUT2D eigenvalue weighted by molar-refractivity contribution is 6.01. The van der Waals surface area contributed by atoms with Crippen LogP contribution in [0.1, 0.15) is 47.4 Å². The van der Waals surface area contributed by atoms with Gasteiger partial charge in [0, 0.05) is 12.5 Å². The Morgan fingerprint density at radius 3 is 1.66 bits per heavy atom. The topological polar surface area (TPSA) is 165 Å². The normalized spacial score (nSPS) is 12.0. The number of hydrogen-bond donors (Lipinski definition) is 4. The summed E-state index contributed by atoms with van der Waals surface area (Å²) in [5.74, 6) is -1.54. The summed E-state index contributed by atoms with van der Waals surface area (Å²) in [6.07, 6.45) is -1.67. The molecule has 5 rings (SSSR count). The molecule has 0 saturated carbocycles. The molecule has 1 atom stereocenters. The standard InChI is InChI=1S/C38H38N4O8/c43-34(44)33(40-36(45)50-25-32-30-19-9-7-17-28(30)29-18-8-10-20-31(29)32)21-11-12-22-39-35(41-37(46)48-23-26-13-3-1-4-14-26)42-38(47)49-24-27-15-5-2-6-16-27/h1-10,13-20,32-33H,11-12,21-25H2,(H,40,45)(H,43,44)(H2,39,41,42,46,47)/t33-/m1/s1. The third-order valence-corrected chi connectivity index (χ3v) is 7.97. The van der Waals surface area contributed by atoms with E-state index in [2.05, 4.69) is 20.9 Å². The first kappa shape index (κ1) is 35.1. The second kappa shape index (κ2) is 17.8. The Bertz CT molecular complexity index is 1690. The molecule has 0 aliphatic heterocycles. The summed E-state index contributed by atoms with van der Waals surface area (Å²) in [6.45, 7) is 0.188. The van der Waals surface area contributed by atoms with Gasteiger partial charge in [0.1, 0.15) is 25.9 Å². The Kier molecular flexibility index (Phi) is 12.5. The number of aliphatic imine (C=N–C) groups is 1. The van der Waals surface area contributed by atoms with Crippen molar-refractivity contribution in [1.29, 1.82) is 0 Å². The number of rotatable bonds is 13. The fourth-order valence-corrected chi connectivity index (χ4v) is 5.51. The number of carbonyl (C=O) groups is 4. The molecule has 0 heterocycles. The monoisotopic (exact) mass is 678 g/mol. The van der Waals surface area contributed by atoms with E-state index in [-0.39, 0.29) is 44.7 Å². The van der Waals surface area contributed by atoms with Gasteiger partial charge in [-0.15, -0.1) is 0 Å². The minimum atomic E-state index is -1.20. The molecule has 0 unspecified atom stereocenters. The van der Waals surface area contributed by atoms with E-state index in [9.17, 15) is 24.3 Å². The van der Waals surface area contributed by atoms with Gasteiger partial charge in [-0.3, -0.25) is 15.6 Å². The van der Waals surface area contributed by atoms with E-state index in [0.29, 0.717) is 12.8 Å². The van der Waals surface area contributed by atoms with E-state index in [0.717, 1.165) is 33.4 Å². The number of benzene rings is 4. The van der Waals surface area contributed by atoms with E-state index in [1.807, 2.05) is 84.9 Å². The summed E-state index contributed by atoms with van der Waals surface area (Å²) in [6, 6.07) is 32.8. The molecule has 0 saturated heterocycles. The van der Waals surface area contributed by atoms with Crippen molar-refractivity contribution in [2.75, 3.05) is 13.2 Å². The SMILES string of the molecule is O=C(NC(=NCCCC[C@@H](NC(=O)OCC1c2ccccc2-c2ccccc21)C(=O)O)NC(=O)OCc1ccccc1)OCc1ccccc1. The number of unbranched alkanes of at least 4 members (excludes halogenated alkanes) is 1. The average Bonchev–Trinajstić information content (AvgIpc) is 3.45. The first-order valence-corrected chi connectivity index (χ1v) is 16.2. The molecule has 12 nitrogen and oxygen atoms in total. The van der Waals surface area contributed by atoms with Crippen molar-refractivity contribution in [3.63, 3.8) is 0 Å². The highest BCUT2D eigenvalue weighted by Gasteiger charge is 2.29. The lowest BCUT2D eigenvalue weighted by Gasteiger charge is -2.17. The van der Waals surface area contributed by atoms with Crippen LogP contribution in [0.4, 0.5) is 14.4 Å². The van der Waals surface area contributed by atoms with Crippen LogP contribution >= 0.6 is 0 Å². The number of carbonyl (C=O) groups excluding carboxylic acids is 3. The zero-order valence-electron chi connectivity index (χ0n) is 27.2. The van der Waals surface area contributed by atoms with E-state index in [4.69, 9.17) is 14.2 Å². The number of aliphatic carboxylic acids is 1. The number of carboxylic acid groups (broad SMARTS) is 1. The Morgan fingerprint density at radius 1 is 0.640 bits per heavy atom. The maximum atomic E-state index is 12.7. The number of nitrogens with one attached hydrogen (secondary N) is 3. The van der Waals surface area contributed by atoms with Crippen molar-refractivity contribution in [2.45, 2.75) is 44.4 Å². The van der Waals surface area contributed by atoms with Crippen molar-refractivity contribution in [3.8, 4) is 11.1 Å².